The Labute approximate surface area is 97.2 Å². The van der Waals surface area contributed by atoms with Gasteiger partial charge in [-0.3, -0.25) is 4.79 Å². The quantitative estimate of drug-likeness (QED) is 0.857. The number of hydrogen-bond acceptors (Lipinski definition) is 2. The maximum Gasteiger partial charge on any atom is 0.307 e. The van der Waals surface area contributed by atoms with Crippen LogP contribution in [0.1, 0.15) is 16.7 Å². The smallest absolute Gasteiger partial charge is 0.307 e. The number of carboxylic acid groups (broad SMARTS) is 1. The molecule has 1 aromatic carbocycles. The molecule has 0 aliphatic heterocycles. The number of methoxy groups -OCH3 is 1. The van der Waals surface area contributed by atoms with Crippen LogP contribution in [-0.2, 0) is 16.5 Å². The van der Waals surface area contributed by atoms with Crippen molar-refractivity contribution in [3.63, 3.8) is 0 Å². The molecule has 3 nitrogen and oxygen atoms in total. The van der Waals surface area contributed by atoms with Crippen LogP contribution in [0, 0.1) is 6.92 Å². The van der Waals surface area contributed by atoms with Gasteiger partial charge in [-0.05, 0) is 6.92 Å². The van der Waals surface area contributed by atoms with Crippen molar-refractivity contribution in [2.45, 2.75) is 18.7 Å². The monoisotopic (exact) mass is 272 g/mol. The van der Waals surface area contributed by atoms with Crippen LogP contribution >= 0.6 is 15.9 Å². The first kappa shape index (κ1) is 12.0. The minimum Gasteiger partial charge on any atom is -0.496 e. The molecule has 0 unspecified atom stereocenters. The Bertz CT molecular complexity index is 374. The molecule has 0 bridgehead atoms. The van der Waals surface area contributed by atoms with Crippen molar-refractivity contribution in [1.29, 1.82) is 0 Å². The molecule has 0 spiro atoms. The fourth-order valence-electron chi connectivity index (χ4n) is 1.58. The molecule has 0 saturated carbocycles. The van der Waals surface area contributed by atoms with Crippen LogP contribution in [0.4, 0.5) is 0 Å². The van der Waals surface area contributed by atoms with Gasteiger partial charge in [0.2, 0.25) is 0 Å². The molecule has 0 aliphatic carbocycles. The van der Waals surface area contributed by atoms with Gasteiger partial charge in [-0.2, -0.15) is 0 Å². The Morgan fingerprint density at radius 1 is 1.47 bits per heavy atom. The molecule has 1 N–H and O–H groups in total. The molecule has 4 heteroatoms. The predicted molar refractivity (Wildman–Crippen MR) is 61.7 cm³/mol. The van der Waals surface area contributed by atoms with Crippen LogP contribution in [-0.4, -0.2) is 18.2 Å². The number of aliphatic carboxylic acids is 1. The van der Waals surface area contributed by atoms with Crippen LogP contribution < -0.4 is 4.74 Å². The van der Waals surface area contributed by atoms with E-state index in [0.29, 0.717) is 11.1 Å². The lowest BCUT2D eigenvalue weighted by molar-refractivity contribution is -0.136. The van der Waals surface area contributed by atoms with Gasteiger partial charge in [0.15, 0.2) is 0 Å². The lowest BCUT2D eigenvalue weighted by atomic mass is 10.0. The highest BCUT2D eigenvalue weighted by atomic mass is 79.9. The Kier molecular flexibility index (Phi) is 4.15. The van der Waals surface area contributed by atoms with E-state index in [1.54, 1.807) is 7.11 Å². The Hall–Kier alpha value is -1.03. The second-order valence-electron chi connectivity index (χ2n) is 3.32. The number of benzene rings is 1. The molecule has 1 aromatic rings. The number of rotatable bonds is 4. The number of ether oxygens (including phenoxy) is 1. The zero-order valence-corrected chi connectivity index (χ0v) is 10.3. The molecule has 0 amide bonds. The van der Waals surface area contributed by atoms with E-state index < -0.39 is 5.97 Å². The average Bonchev–Trinajstić information content (AvgIpc) is 2.15. The van der Waals surface area contributed by atoms with E-state index >= 15 is 0 Å². The van der Waals surface area contributed by atoms with E-state index in [9.17, 15) is 4.79 Å². The fraction of sp³-hybridized carbons (Fsp3) is 0.364. The molecule has 82 valence electrons. The van der Waals surface area contributed by atoms with E-state index in [0.717, 1.165) is 16.7 Å². The van der Waals surface area contributed by atoms with Crippen LogP contribution in [0.25, 0.3) is 0 Å². The summed E-state index contributed by atoms with van der Waals surface area (Å²) in [7, 11) is 1.56. The highest BCUT2D eigenvalue weighted by molar-refractivity contribution is 9.08. The summed E-state index contributed by atoms with van der Waals surface area (Å²) >= 11 is 3.36. The first-order valence-electron chi connectivity index (χ1n) is 4.52. The van der Waals surface area contributed by atoms with Crippen LogP contribution in [0.3, 0.4) is 0 Å². The van der Waals surface area contributed by atoms with Crippen molar-refractivity contribution < 1.29 is 14.6 Å². The minimum atomic E-state index is -0.848. The van der Waals surface area contributed by atoms with E-state index in [-0.39, 0.29) is 6.42 Å². The van der Waals surface area contributed by atoms with Gasteiger partial charge in [0.25, 0.3) is 0 Å². The van der Waals surface area contributed by atoms with Crippen LogP contribution in [0.2, 0.25) is 0 Å². The molecular weight excluding hydrogens is 260 g/mol. The number of hydrogen-bond donors (Lipinski definition) is 1. The largest absolute Gasteiger partial charge is 0.496 e. The van der Waals surface area contributed by atoms with Gasteiger partial charge in [0.05, 0.1) is 13.5 Å². The van der Waals surface area contributed by atoms with Crippen molar-refractivity contribution in [1.82, 2.24) is 0 Å². The number of alkyl halides is 1. The normalized spacial score (nSPS) is 10.1. The first-order valence-corrected chi connectivity index (χ1v) is 5.64. The maximum atomic E-state index is 10.7. The first-order chi connectivity index (χ1) is 7.08. The Morgan fingerprint density at radius 2 is 2.07 bits per heavy atom. The van der Waals surface area contributed by atoms with Gasteiger partial charge < -0.3 is 9.84 Å². The molecule has 0 aliphatic rings. The Morgan fingerprint density at radius 3 is 2.53 bits per heavy atom. The number of aryl methyl sites for hydroxylation is 1. The number of carboxylic acids is 1. The average molecular weight is 273 g/mol. The van der Waals surface area contributed by atoms with Gasteiger partial charge in [0, 0.05) is 16.5 Å². The van der Waals surface area contributed by atoms with Crippen molar-refractivity contribution in [2.75, 3.05) is 7.11 Å². The fourth-order valence-corrected chi connectivity index (χ4v) is 2.00. The summed E-state index contributed by atoms with van der Waals surface area (Å²) in [6.45, 7) is 1.94. The summed E-state index contributed by atoms with van der Waals surface area (Å²) in [6, 6.07) is 3.83. The maximum absolute atomic E-state index is 10.7. The van der Waals surface area contributed by atoms with Crippen molar-refractivity contribution in [3.05, 3.63) is 28.8 Å². The second kappa shape index (κ2) is 5.16. The summed E-state index contributed by atoms with van der Waals surface area (Å²) < 4.78 is 5.23. The second-order valence-corrected chi connectivity index (χ2v) is 3.88. The minimum absolute atomic E-state index is 0.00907. The molecular formula is C11H13BrO3. The van der Waals surface area contributed by atoms with Gasteiger partial charge in [-0.25, -0.2) is 0 Å². The molecule has 1 rings (SSSR count). The van der Waals surface area contributed by atoms with E-state index in [1.807, 2.05) is 19.1 Å². The topological polar surface area (TPSA) is 46.5 Å². The summed E-state index contributed by atoms with van der Waals surface area (Å²) in [6.07, 6.45) is -0.00907. The third kappa shape index (κ3) is 2.96. The summed E-state index contributed by atoms with van der Waals surface area (Å²) in [5.74, 6) is -0.181. The molecule has 0 aromatic heterocycles. The molecule has 15 heavy (non-hydrogen) atoms. The van der Waals surface area contributed by atoms with Gasteiger partial charge in [0.1, 0.15) is 5.75 Å². The number of carbonyl (C=O) groups is 1. The van der Waals surface area contributed by atoms with Crippen molar-refractivity contribution in [3.8, 4) is 5.75 Å². The highest BCUT2D eigenvalue weighted by Crippen LogP contribution is 2.28. The molecule has 0 fully saturated rings. The van der Waals surface area contributed by atoms with Crippen molar-refractivity contribution >= 4 is 21.9 Å². The Balaban J connectivity index is 3.22. The molecule has 0 radical (unpaired) electrons. The summed E-state index contributed by atoms with van der Waals surface area (Å²) in [5, 5.41) is 9.43. The predicted octanol–water partition coefficient (Wildman–Crippen LogP) is 2.53. The van der Waals surface area contributed by atoms with Gasteiger partial charge in [-0.15, -0.1) is 0 Å². The number of halogens is 1. The summed E-state index contributed by atoms with van der Waals surface area (Å²) in [5.41, 5.74) is 2.75. The molecule has 0 saturated heterocycles. The SMILES string of the molecule is COc1c(CBr)cc(C)cc1CC(=O)O. The highest BCUT2D eigenvalue weighted by Gasteiger charge is 2.12. The lowest BCUT2D eigenvalue weighted by Gasteiger charge is -2.12. The van der Waals surface area contributed by atoms with Gasteiger partial charge >= 0.3 is 5.97 Å². The zero-order chi connectivity index (χ0) is 11.4. The van der Waals surface area contributed by atoms with E-state index in [2.05, 4.69) is 15.9 Å². The van der Waals surface area contributed by atoms with Crippen LogP contribution in [0.5, 0.6) is 5.75 Å². The van der Waals surface area contributed by atoms with Gasteiger partial charge in [-0.1, -0.05) is 33.6 Å². The van der Waals surface area contributed by atoms with Crippen LogP contribution in [0.15, 0.2) is 12.1 Å². The standard InChI is InChI=1S/C11H13BrO3/c1-7-3-8(5-10(13)14)11(15-2)9(4-7)6-12/h3-4H,5-6H2,1-2H3,(H,13,14). The van der Waals surface area contributed by atoms with E-state index in [4.69, 9.17) is 9.84 Å². The molecule has 0 atom stereocenters. The molecule has 0 heterocycles. The third-order valence-electron chi connectivity index (χ3n) is 2.08. The third-order valence-corrected chi connectivity index (χ3v) is 2.68. The summed E-state index contributed by atoms with van der Waals surface area (Å²) in [4.78, 5) is 10.7. The zero-order valence-electron chi connectivity index (χ0n) is 8.71. The lowest BCUT2D eigenvalue weighted by Crippen LogP contribution is -2.04. The van der Waals surface area contributed by atoms with Crippen molar-refractivity contribution in [2.24, 2.45) is 0 Å². The van der Waals surface area contributed by atoms with E-state index in [1.165, 1.54) is 0 Å².